The van der Waals surface area contributed by atoms with Crippen molar-refractivity contribution < 1.29 is 9.18 Å². The maximum atomic E-state index is 13.9. The molecule has 176 valence electrons. The van der Waals surface area contributed by atoms with Crippen LogP contribution in [0.3, 0.4) is 0 Å². The lowest BCUT2D eigenvalue weighted by Gasteiger charge is -2.34. The summed E-state index contributed by atoms with van der Waals surface area (Å²) < 4.78 is 15.7. The van der Waals surface area contributed by atoms with Crippen molar-refractivity contribution in [2.75, 3.05) is 24.5 Å². The van der Waals surface area contributed by atoms with E-state index in [1.807, 2.05) is 21.7 Å². The normalized spacial score (nSPS) is 21.1. The number of H-pyrrole nitrogens is 1. The third-order valence-corrected chi connectivity index (χ3v) is 7.18. The van der Waals surface area contributed by atoms with E-state index in [1.165, 1.54) is 18.6 Å². The molecule has 0 spiro atoms. The van der Waals surface area contributed by atoms with Crippen molar-refractivity contribution >= 4 is 28.3 Å². The smallest absolute Gasteiger partial charge is 0.275 e. The Labute approximate surface area is 196 Å². The second-order valence-electron chi connectivity index (χ2n) is 9.73. The molecule has 1 amide bonds. The van der Waals surface area contributed by atoms with Gasteiger partial charge >= 0.3 is 0 Å². The summed E-state index contributed by atoms with van der Waals surface area (Å²) in [4.78, 5) is 22.7. The van der Waals surface area contributed by atoms with Gasteiger partial charge in [-0.15, -0.1) is 0 Å². The zero-order valence-electron chi connectivity index (χ0n) is 19.5. The Kier molecular flexibility index (Phi) is 5.00. The Morgan fingerprint density at radius 3 is 2.88 bits per heavy atom. The summed E-state index contributed by atoms with van der Waals surface area (Å²) in [6.07, 6.45) is 5.97. The fraction of sp³-hybridized carbons (Fsp3) is 0.440. The largest absolute Gasteiger partial charge is 0.356 e. The molecule has 0 unspecified atom stereocenters. The number of anilines is 1. The van der Waals surface area contributed by atoms with Crippen LogP contribution in [0, 0.1) is 18.7 Å². The number of piperidine rings is 1. The van der Waals surface area contributed by atoms with Crippen LogP contribution >= 0.6 is 0 Å². The predicted molar refractivity (Wildman–Crippen MR) is 127 cm³/mol. The first-order valence-corrected chi connectivity index (χ1v) is 12.0. The lowest BCUT2D eigenvalue weighted by Crippen LogP contribution is -2.39. The van der Waals surface area contributed by atoms with Crippen LogP contribution in [0.5, 0.6) is 0 Å². The number of nitrogens with one attached hydrogen (secondary N) is 1. The lowest BCUT2D eigenvalue weighted by atomic mass is 9.98. The molecule has 2 aliphatic rings. The number of benzene rings is 1. The summed E-state index contributed by atoms with van der Waals surface area (Å²) in [6.45, 7) is 7.01. The first kappa shape index (κ1) is 21.1. The van der Waals surface area contributed by atoms with Crippen LogP contribution in [-0.2, 0) is 0 Å². The number of halogens is 1. The number of rotatable bonds is 3. The predicted octanol–water partition coefficient (Wildman–Crippen LogP) is 4.27. The third-order valence-electron chi connectivity index (χ3n) is 7.18. The van der Waals surface area contributed by atoms with Gasteiger partial charge in [0.1, 0.15) is 11.6 Å². The van der Waals surface area contributed by atoms with Gasteiger partial charge in [-0.1, -0.05) is 6.92 Å². The number of aromatic nitrogens is 5. The highest BCUT2D eigenvalue weighted by molar-refractivity contribution is 6.04. The average Bonchev–Trinajstić information content (AvgIpc) is 3.55. The van der Waals surface area contributed by atoms with E-state index in [9.17, 15) is 9.18 Å². The van der Waals surface area contributed by atoms with Crippen molar-refractivity contribution in [2.45, 2.75) is 45.6 Å². The van der Waals surface area contributed by atoms with Gasteiger partial charge < -0.3 is 9.80 Å². The van der Waals surface area contributed by atoms with Crippen LogP contribution in [0.15, 0.2) is 30.5 Å². The molecule has 9 heteroatoms. The quantitative estimate of drug-likeness (QED) is 0.493. The summed E-state index contributed by atoms with van der Waals surface area (Å²) in [6, 6.07) is 6.17. The minimum absolute atomic E-state index is 0.168. The number of amides is 1. The topological polar surface area (TPSA) is 82.4 Å². The average molecular weight is 462 g/mol. The minimum atomic E-state index is -0.386. The first-order valence-electron chi connectivity index (χ1n) is 12.0. The van der Waals surface area contributed by atoms with Gasteiger partial charge in [-0.05, 0) is 56.7 Å². The first-order chi connectivity index (χ1) is 16.5. The van der Waals surface area contributed by atoms with Gasteiger partial charge in [0.25, 0.3) is 5.91 Å². The molecule has 2 saturated heterocycles. The van der Waals surface area contributed by atoms with Crippen molar-refractivity contribution in [3.63, 3.8) is 0 Å². The van der Waals surface area contributed by atoms with E-state index in [4.69, 9.17) is 10.1 Å². The molecule has 1 N–H and O–H groups in total. The standard InChI is InChI=1S/C25H28FN7O/c1-15-8-10-31(13-15)24-16(2)14-33-22(27-24)12-20(30-33)21-5-3-4-9-32(21)25(34)23-18-11-17(26)6-7-19(18)28-29-23/h6-7,11-12,14-15,21H,3-5,8-10,13H2,1-2H3,(H,28,29)/t15-,21-/m0/s1. The number of aryl methyl sites for hydroxylation is 1. The van der Waals surface area contributed by atoms with Gasteiger partial charge in [0.15, 0.2) is 11.3 Å². The second kappa shape index (κ2) is 8.07. The number of fused-ring (bicyclic) bond motifs is 2. The van der Waals surface area contributed by atoms with Gasteiger partial charge in [-0.2, -0.15) is 10.2 Å². The van der Waals surface area contributed by atoms with E-state index in [2.05, 4.69) is 28.9 Å². The maximum Gasteiger partial charge on any atom is 0.275 e. The van der Waals surface area contributed by atoms with E-state index < -0.39 is 0 Å². The molecule has 4 aromatic rings. The van der Waals surface area contributed by atoms with E-state index in [1.54, 1.807) is 6.07 Å². The number of carbonyl (C=O) groups excluding carboxylic acids is 1. The summed E-state index contributed by atoms with van der Waals surface area (Å²) in [7, 11) is 0. The van der Waals surface area contributed by atoms with E-state index >= 15 is 0 Å². The van der Waals surface area contributed by atoms with Gasteiger partial charge in [0.05, 0.1) is 17.3 Å². The van der Waals surface area contributed by atoms with Crippen molar-refractivity contribution in [3.05, 3.63) is 53.2 Å². The number of carbonyl (C=O) groups is 1. The van der Waals surface area contributed by atoms with Gasteiger partial charge in [-0.3, -0.25) is 9.89 Å². The number of aromatic amines is 1. The van der Waals surface area contributed by atoms with Crippen LogP contribution in [0.4, 0.5) is 10.2 Å². The Morgan fingerprint density at radius 1 is 1.18 bits per heavy atom. The van der Waals surface area contributed by atoms with Crippen molar-refractivity contribution in [2.24, 2.45) is 5.92 Å². The number of nitrogens with zero attached hydrogens (tertiary/aromatic N) is 6. The summed E-state index contributed by atoms with van der Waals surface area (Å²) in [5, 5.41) is 12.4. The molecule has 0 radical (unpaired) electrons. The monoisotopic (exact) mass is 461 g/mol. The van der Waals surface area contributed by atoms with Gasteiger partial charge in [-0.25, -0.2) is 13.9 Å². The number of hydrogen-bond acceptors (Lipinski definition) is 5. The number of hydrogen-bond donors (Lipinski definition) is 1. The maximum absolute atomic E-state index is 13.9. The van der Waals surface area contributed by atoms with Crippen molar-refractivity contribution in [1.29, 1.82) is 0 Å². The Balaban J connectivity index is 1.35. The van der Waals surface area contributed by atoms with Crippen molar-refractivity contribution in [1.82, 2.24) is 29.7 Å². The van der Waals surface area contributed by atoms with Crippen LogP contribution in [0.2, 0.25) is 0 Å². The Morgan fingerprint density at radius 2 is 2.06 bits per heavy atom. The zero-order chi connectivity index (χ0) is 23.4. The SMILES string of the molecule is Cc1cn2nc([C@@H]3CCCCN3C(=O)c3n[nH]c4ccc(F)cc34)cc2nc1N1CC[C@H](C)C1. The summed E-state index contributed by atoms with van der Waals surface area (Å²) >= 11 is 0. The van der Waals surface area contributed by atoms with Crippen molar-refractivity contribution in [3.8, 4) is 0 Å². The van der Waals surface area contributed by atoms with E-state index in [-0.39, 0.29) is 23.5 Å². The molecule has 3 aromatic heterocycles. The lowest BCUT2D eigenvalue weighted by molar-refractivity contribution is 0.0601. The van der Waals surface area contributed by atoms with E-state index in [0.29, 0.717) is 23.4 Å². The second-order valence-corrected chi connectivity index (χ2v) is 9.73. The Bertz CT molecular complexity index is 1390. The minimum Gasteiger partial charge on any atom is -0.356 e. The molecule has 0 aliphatic carbocycles. The zero-order valence-corrected chi connectivity index (χ0v) is 19.5. The van der Waals surface area contributed by atoms with Crippen LogP contribution in [0.25, 0.3) is 16.6 Å². The highest BCUT2D eigenvalue weighted by Crippen LogP contribution is 2.33. The molecule has 0 saturated carbocycles. The fourth-order valence-electron chi connectivity index (χ4n) is 5.40. The fourth-order valence-corrected chi connectivity index (χ4v) is 5.40. The molecule has 5 heterocycles. The number of likely N-dealkylation sites (tertiary alicyclic amines) is 1. The molecule has 34 heavy (non-hydrogen) atoms. The molecular weight excluding hydrogens is 433 g/mol. The van der Waals surface area contributed by atoms with Crippen LogP contribution < -0.4 is 4.90 Å². The molecule has 0 bridgehead atoms. The third kappa shape index (κ3) is 3.50. The highest BCUT2D eigenvalue weighted by atomic mass is 19.1. The molecule has 1 aromatic carbocycles. The summed E-state index contributed by atoms with van der Waals surface area (Å²) in [5.74, 6) is 1.11. The van der Waals surface area contributed by atoms with Crippen LogP contribution in [0.1, 0.15) is 60.4 Å². The molecule has 2 aliphatic heterocycles. The molecule has 6 rings (SSSR count). The molecular formula is C25H28FN7O. The highest BCUT2D eigenvalue weighted by Gasteiger charge is 2.33. The summed E-state index contributed by atoms with van der Waals surface area (Å²) in [5.41, 5.74) is 3.62. The van der Waals surface area contributed by atoms with Gasteiger partial charge in [0, 0.05) is 42.8 Å². The van der Waals surface area contributed by atoms with Crippen LogP contribution in [-0.4, -0.2) is 55.2 Å². The molecule has 8 nitrogen and oxygen atoms in total. The Hall–Kier alpha value is -3.49. The molecule has 2 atom stereocenters. The van der Waals surface area contributed by atoms with Gasteiger partial charge in [0.2, 0.25) is 0 Å². The molecule has 2 fully saturated rings. The van der Waals surface area contributed by atoms with E-state index in [0.717, 1.165) is 55.1 Å².